The second kappa shape index (κ2) is 9.40. The van der Waals surface area contributed by atoms with Crippen LogP contribution < -0.4 is 5.32 Å². The SMILES string of the molecule is O=C(NC(Cc1cccc(O)c1)C(=O)N1CCC2OCC(=O)C21)c1ccc(-c2ccccc2)s1. The third-order valence-corrected chi connectivity index (χ3v) is 7.37. The summed E-state index contributed by atoms with van der Waals surface area (Å²) in [6.45, 7) is 0.420. The van der Waals surface area contributed by atoms with Crippen LogP contribution in [0.25, 0.3) is 10.4 Å². The lowest BCUT2D eigenvalue weighted by Crippen LogP contribution is -2.53. The summed E-state index contributed by atoms with van der Waals surface area (Å²) in [5.74, 6) is -0.691. The lowest BCUT2D eigenvalue weighted by molar-refractivity contribution is -0.138. The summed E-state index contributed by atoms with van der Waals surface area (Å²) in [6, 6.07) is 18.5. The minimum Gasteiger partial charge on any atom is -0.508 e. The Kier molecular flexibility index (Phi) is 6.17. The number of rotatable bonds is 6. The van der Waals surface area contributed by atoms with Crippen molar-refractivity contribution in [2.75, 3.05) is 13.2 Å². The number of nitrogens with one attached hydrogen (secondary N) is 1. The Hall–Kier alpha value is -3.49. The lowest BCUT2D eigenvalue weighted by atomic mass is 10.0. The first-order valence-corrected chi connectivity index (χ1v) is 12.0. The third kappa shape index (κ3) is 4.47. The molecule has 1 aromatic heterocycles. The lowest BCUT2D eigenvalue weighted by Gasteiger charge is -2.27. The van der Waals surface area contributed by atoms with Crippen LogP contribution in [-0.2, 0) is 20.7 Å². The summed E-state index contributed by atoms with van der Waals surface area (Å²) < 4.78 is 5.52. The minimum atomic E-state index is -0.885. The molecule has 2 fully saturated rings. The van der Waals surface area contributed by atoms with Crippen LogP contribution in [0.2, 0.25) is 0 Å². The number of hydrogen-bond donors (Lipinski definition) is 2. The molecule has 0 spiro atoms. The van der Waals surface area contributed by atoms with Gasteiger partial charge in [0.25, 0.3) is 5.91 Å². The number of hydrogen-bond acceptors (Lipinski definition) is 6. The number of likely N-dealkylation sites (tertiary alicyclic amines) is 1. The smallest absolute Gasteiger partial charge is 0.262 e. The number of thiophene rings is 1. The number of phenolic OH excluding ortho intramolecular Hbond substituents is 1. The monoisotopic (exact) mass is 476 g/mol. The molecule has 5 rings (SSSR count). The van der Waals surface area contributed by atoms with Gasteiger partial charge in [0.15, 0.2) is 5.78 Å². The first-order chi connectivity index (χ1) is 16.5. The number of nitrogens with zero attached hydrogens (tertiary/aromatic N) is 1. The molecule has 3 heterocycles. The van der Waals surface area contributed by atoms with Crippen molar-refractivity contribution < 1.29 is 24.2 Å². The van der Waals surface area contributed by atoms with Crippen molar-refractivity contribution in [2.45, 2.75) is 31.0 Å². The van der Waals surface area contributed by atoms with Crippen LogP contribution in [0.1, 0.15) is 21.7 Å². The molecule has 0 aliphatic carbocycles. The van der Waals surface area contributed by atoms with E-state index in [4.69, 9.17) is 4.74 Å². The third-order valence-electron chi connectivity index (χ3n) is 6.24. The summed E-state index contributed by atoms with van der Waals surface area (Å²) in [7, 11) is 0. The number of Topliss-reactive ketones (excluding diaryl/α,β-unsaturated/α-hetero) is 1. The first kappa shape index (κ1) is 22.3. The van der Waals surface area contributed by atoms with Gasteiger partial charge in [0, 0.05) is 17.8 Å². The largest absolute Gasteiger partial charge is 0.508 e. The maximum absolute atomic E-state index is 13.6. The molecule has 3 atom stereocenters. The molecule has 3 unspecified atom stereocenters. The topological polar surface area (TPSA) is 95.9 Å². The van der Waals surface area contributed by atoms with Crippen LogP contribution >= 0.6 is 11.3 Å². The van der Waals surface area contributed by atoms with Gasteiger partial charge in [-0.25, -0.2) is 0 Å². The van der Waals surface area contributed by atoms with Gasteiger partial charge in [-0.15, -0.1) is 11.3 Å². The molecule has 3 aromatic rings. The fourth-order valence-electron chi connectivity index (χ4n) is 4.61. The van der Waals surface area contributed by atoms with Gasteiger partial charge in [0.05, 0.1) is 11.0 Å². The average molecular weight is 477 g/mol. The van der Waals surface area contributed by atoms with Gasteiger partial charge in [-0.3, -0.25) is 14.4 Å². The molecule has 0 bridgehead atoms. The number of amides is 2. The van der Waals surface area contributed by atoms with E-state index in [-0.39, 0.29) is 42.5 Å². The summed E-state index contributed by atoms with van der Waals surface area (Å²) in [5.41, 5.74) is 1.72. The van der Waals surface area contributed by atoms with Gasteiger partial charge in [-0.1, -0.05) is 42.5 Å². The number of aromatic hydroxyl groups is 1. The van der Waals surface area contributed by atoms with Gasteiger partial charge in [0.2, 0.25) is 5.91 Å². The van der Waals surface area contributed by atoms with E-state index in [1.807, 2.05) is 36.4 Å². The second-order valence-corrected chi connectivity index (χ2v) is 9.59. The molecular weight excluding hydrogens is 452 g/mol. The van der Waals surface area contributed by atoms with Crippen LogP contribution in [0.5, 0.6) is 5.75 Å². The molecule has 2 N–H and O–H groups in total. The number of carbonyl (C=O) groups is 3. The van der Waals surface area contributed by atoms with Crippen LogP contribution in [-0.4, -0.2) is 58.9 Å². The molecule has 8 heteroatoms. The fourth-order valence-corrected chi connectivity index (χ4v) is 5.52. The number of benzene rings is 2. The van der Waals surface area contributed by atoms with Crippen LogP contribution in [0.3, 0.4) is 0 Å². The maximum atomic E-state index is 13.6. The van der Waals surface area contributed by atoms with Crippen molar-refractivity contribution >= 4 is 28.9 Å². The summed E-state index contributed by atoms with van der Waals surface area (Å²) in [6.07, 6.45) is 0.512. The number of carbonyl (C=O) groups excluding carboxylic acids is 3. The Bertz CT molecular complexity index is 1220. The molecule has 0 saturated carbocycles. The normalized spacial score (nSPS) is 20.2. The van der Waals surface area contributed by atoms with E-state index in [0.29, 0.717) is 23.4 Å². The highest BCUT2D eigenvalue weighted by Crippen LogP contribution is 2.30. The number of phenols is 1. The Morgan fingerprint density at radius 3 is 2.74 bits per heavy atom. The van der Waals surface area contributed by atoms with Gasteiger partial charge >= 0.3 is 0 Å². The standard InChI is InChI=1S/C26H24N2O5S/c29-18-8-4-5-16(13-18)14-19(26(32)28-12-11-21-24(28)20(30)15-33-21)27-25(31)23-10-9-22(34-23)17-6-2-1-3-7-17/h1-10,13,19,21,24,29H,11-12,14-15H2,(H,27,31). The van der Waals surface area contributed by atoms with Crippen LogP contribution in [0.4, 0.5) is 0 Å². The Labute approximate surface area is 201 Å². The Morgan fingerprint density at radius 2 is 1.94 bits per heavy atom. The molecule has 2 aliphatic heterocycles. The van der Waals surface area contributed by atoms with Crippen molar-refractivity contribution in [1.82, 2.24) is 10.2 Å². The highest BCUT2D eigenvalue weighted by atomic mass is 32.1. The van der Waals surface area contributed by atoms with E-state index >= 15 is 0 Å². The number of ketones is 1. The second-order valence-electron chi connectivity index (χ2n) is 8.51. The van der Waals surface area contributed by atoms with E-state index in [2.05, 4.69) is 5.32 Å². The minimum absolute atomic E-state index is 0.0140. The Balaban J connectivity index is 1.38. The quantitative estimate of drug-likeness (QED) is 0.570. The van der Waals surface area contributed by atoms with E-state index in [1.165, 1.54) is 16.2 Å². The number of ether oxygens (including phenoxy) is 1. The van der Waals surface area contributed by atoms with Crippen molar-refractivity contribution in [2.24, 2.45) is 0 Å². The van der Waals surface area contributed by atoms with E-state index in [1.54, 1.807) is 30.3 Å². The fraction of sp³-hybridized carbons (Fsp3) is 0.269. The summed E-state index contributed by atoms with van der Waals surface area (Å²) in [5, 5.41) is 12.7. The molecule has 34 heavy (non-hydrogen) atoms. The average Bonchev–Trinajstić information content (AvgIpc) is 3.57. The zero-order valence-electron chi connectivity index (χ0n) is 18.3. The molecule has 2 saturated heterocycles. The molecular formula is C26H24N2O5S. The summed E-state index contributed by atoms with van der Waals surface area (Å²) >= 11 is 1.35. The van der Waals surface area contributed by atoms with Gasteiger partial charge in [-0.05, 0) is 41.8 Å². The van der Waals surface area contributed by atoms with Gasteiger partial charge in [-0.2, -0.15) is 0 Å². The van der Waals surface area contributed by atoms with Crippen LogP contribution in [0, 0.1) is 0 Å². The van der Waals surface area contributed by atoms with Gasteiger partial charge in [0.1, 0.15) is 24.4 Å². The van der Waals surface area contributed by atoms with E-state index in [0.717, 1.165) is 10.4 Å². The highest BCUT2D eigenvalue weighted by Gasteiger charge is 2.48. The molecule has 2 aliphatic rings. The van der Waals surface area contributed by atoms with Crippen molar-refractivity contribution in [3.63, 3.8) is 0 Å². The van der Waals surface area contributed by atoms with Gasteiger partial charge < -0.3 is 20.1 Å². The number of fused-ring (bicyclic) bond motifs is 1. The molecule has 0 radical (unpaired) electrons. The van der Waals surface area contributed by atoms with Crippen molar-refractivity contribution in [3.8, 4) is 16.2 Å². The molecule has 174 valence electrons. The van der Waals surface area contributed by atoms with Crippen molar-refractivity contribution in [1.29, 1.82) is 0 Å². The summed E-state index contributed by atoms with van der Waals surface area (Å²) in [4.78, 5) is 42.0. The molecule has 2 amide bonds. The predicted octanol–water partition coefficient (Wildman–Crippen LogP) is 3.03. The van der Waals surface area contributed by atoms with Crippen molar-refractivity contribution in [3.05, 3.63) is 77.2 Å². The van der Waals surface area contributed by atoms with Crippen LogP contribution in [0.15, 0.2) is 66.7 Å². The Morgan fingerprint density at radius 1 is 1.12 bits per heavy atom. The van der Waals surface area contributed by atoms with E-state index < -0.39 is 12.1 Å². The predicted molar refractivity (Wildman–Crippen MR) is 128 cm³/mol. The maximum Gasteiger partial charge on any atom is 0.262 e. The first-order valence-electron chi connectivity index (χ1n) is 11.2. The van der Waals surface area contributed by atoms with E-state index in [9.17, 15) is 19.5 Å². The highest BCUT2D eigenvalue weighted by molar-refractivity contribution is 7.17. The zero-order chi connectivity index (χ0) is 23.7. The molecule has 7 nitrogen and oxygen atoms in total. The molecule has 2 aromatic carbocycles. The zero-order valence-corrected chi connectivity index (χ0v) is 19.2.